The van der Waals surface area contributed by atoms with Crippen molar-refractivity contribution >= 4 is 11.4 Å². The summed E-state index contributed by atoms with van der Waals surface area (Å²) in [7, 11) is 0. The van der Waals surface area contributed by atoms with E-state index in [4.69, 9.17) is 15.7 Å². The first-order chi connectivity index (χ1) is 8.77. The molecule has 98 valence electrons. The third-order valence-electron chi connectivity index (χ3n) is 2.63. The molecule has 0 spiro atoms. The van der Waals surface area contributed by atoms with Crippen LogP contribution in [0, 0.1) is 11.3 Å². The Labute approximate surface area is 109 Å². The van der Waals surface area contributed by atoms with Gasteiger partial charge in [0.15, 0.2) is 0 Å². The summed E-state index contributed by atoms with van der Waals surface area (Å²) in [5, 5.41) is 11.9. The minimum Gasteiger partial charge on any atom is -0.398 e. The fourth-order valence-corrected chi connectivity index (χ4v) is 1.57. The van der Waals surface area contributed by atoms with Gasteiger partial charge in [0.05, 0.1) is 19.1 Å². The van der Waals surface area contributed by atoms with Crippen LogP contribution in [0.3, 0.4) is 0 Å². The summed E-state index contributed by atoms with van der Waals surface area (Å²) < 4.78 is 5.46. The zero-order chi connectivity index (χ0) is 13.2. The van der Waals surface area contributed by atoms with Gasteiger partial charge in [0.1, 0.15) is 0 Å². The molecule has 0 saturated carbocycles. The molecule has 1 aromatic carbocycles. The molecule has 4 heteroatoms. The lowest BCUT2D eigenvalue weighted by atomic mass is 10.1. The van der Waals surface area contributed by atoms with E-state index >= 15 is 0 Å². The van der Waals surface area contributed by atoms with E-state index in [9.17, 15) is 0 Å². The lowest BCUT2D eigenvalue weighted by Gasteiger charge is -2.09. The fourth-order valence-electron chi connectivity index (χ4n) is 1.57. The number of nitrogens with one attached hydrogen (secondary N) is 1. The molecule has 0 aliphatic carbocycles. The molecule has 0 saturated heterocycles. The smallest absolute Gasteiger partial charge is 0.0670 e. The third kappa shape index (κ3) is 5.07. The maximum atomic E-state index is 8.69. The van der Waals surface area contributed by atoms with Crippen molar-refractivity contribution in [2.45, 2.75) is 26.2 Å². The molecular formula is C14H21N3O. The van der Waals surface area contributed by atoms with Crippen LogP contribution in [0.4, 0.5) is 11.4 Å². The standard InChI is InChI=1S/C14H21N3O/c1-2-3-9-18-10-8-17-13-4-5-14(16)12(11-13)6-7-15/h4-5,11,17H,2-3,6,8-10,16H2,1H3. The van der Waals surface area contributed by atoms with Crippen molar-refractivity contribution in [3.63, 3.8) is 0 Å². The van der Waals surface area contributed by atoms with E-state index in [2.05, 4.69) is 18.3 Å². The molecule has 4 nitrogen and oxygen atoms in total. The summed E-state index contributed by atoms with van der Waals surface area (Å²) in [6.45, 7) is 4.42. The predicted octanol–water partition coefficient (Wildman–Crippen LogP) is 2.56. The number of ether oxygens (including phenoxy) is 1. The van der Waals surface area contributed by atoms with E-state index in [-0.39, 0.29) is 0 Å². The second-order valence-electron chi connectivity index (χ2n) is 4.14. The van der Waals surface area contributed by atoms with Crippen molar-refractivity contribution in [1.29, 1.82) is 5.26 Å². The van der Waals surface area contributed by atoms with Crippen LogP contribution >= 0.6 is 0 Å². The number of unbranched alkanes of at least 4 members (excludes halogenated alkanes) is 1. The summed E-state index contributed by atoms with van der Waals surface area (Å²) in [5.41, 5.74) is 8.30. The van der Waals surface area contributed by atoms with Gasteiger partial charge in [-0.2, -0.15) is 5.26 Å². The van der Waals surface area contributed by atoms with Gasteiger partial charge >= 0.3 is 0 Å². The van der Waals surface area contributed by atoms with E-state index < -0.39 is 0 Å². The van der Waals surface area contributed by atoms with Gasteiger partial charge in [-0.05, 0) is 30.2 Å². The topological polar surface area (TPSA) is 71.1 Å². The summed E-state index contributed by atoms with van der Waals surface area (Å²) in [6, 6.07) is 7.78. The van der Waals surface area contributed by atoms with Gasteiger partial charge in [0.25, 0.3) is 0 Å². The average molecular weight is 247 g/mol. The SMILES string of the molecule is CCCCOCCNc1ccc(N)c(CC#N)c1. The van der Waals surface area contributed by atoms with Crippen LogP contribution in [0.2, 0.25) is 0 Å². The molecule has 0 unspecified atom stereocenters. The average Bonchev–Trinajstić information content (AvgIpc) is 2.37. The molecule has 1 aromatic rings. The second kappa shape index (κ2) is 8.37. The number of nitrogen functional groups attached to an aromatic ring is 1. The van der Waals surface area contributed by atoms with Gasteiger partial charge in [-0.1, -0.05) is 13.3 Å². The molecule has 0 heterocycles. The molecule has 1 rings (SSSR count). The van der Waals surface area contributed by atoms with Crippen LogP contribution in [-0.2, 0) is 11.2 Å². The number of nitrogens with zero attached hydrogens (tertiary/aromatic N) is 1. The molecule has 0 atom stereocenters. The Balaban J connectivity index is 2.34. The van der Waals surface area contributed by atoms with Crippen LogP contribution in [-0.4, -0.2) is 19.8 Å². The van der Waals surface area contributed by atoms with Gasteiger partial charge in [-0.3, -0.25) is 0 Å². The highest BCUT2D eigenvalue weighted by molar-refractivity contribution is 5.57. The number of nitrogens with two attached hydrogens (primary N) is 1. The van der Waals surface area contributed by atoms with Gasteiger partial charge in [0.2, 0.25) is 0 Å². The Morgan fingerprint density at radius 1 is 1.39 bits per heavy atom. The molecule has 0 bridgehead atoms. The van der Waals surface area contributed by atoms with E-state index in [1.54, 1.807) is 0 Å². The van der Waals surface area contributed by atoms with Crippen molar-refractivity contribution in [2.24, 2.45) is 0 Å². The van der Waals surface area contributed by atoms with Crippen molar-refractivity contribution < 1.29 is 4.74 Å². The minimum atomic E-state index is 0.342. The summed E-state index contributed by atoms with van der Waals surface area (Å²) in [5.74, 6) is 0. The highest BCUT2D eigenvalue weighted by Crippen LogP contribution is 2.17. The zero-order valence-electron chi connectivity index (χ0n) is 10.9. The highest BCUT2D eigenvalue weighted by Gasteiger charge is 2.00. The van der Waals surface area contributed by atoms with Crippen LogP contribution in [0.25, 0.3) is 0 Å². The zero-order valence-corrected chi connectivity index (χ0v) is 10.9. The van der Waals surface area contributed by atoms with Gasteiger partial charge in [-0.25, -0.2) is 0 Å². The first kappa shape index (κ1) is 14.3. The Kier molecular flexibility index (Phi) is 6.67. The number of anilines is 2. The number of nitriles is 1. The van der Waals surface area contributed by atoms with E-state index in [0.717, 1.165) is 37.2 Å². The molecular weight excluding hydrogens is 226 g/mol. The normalized spacial score (nSPS) is 10.0. The Morgan fingerprint density at radius 3 is 2.94 bits per heavy atom. The molecule has 18 heavy (non-hydrogen) atoms. The second-order valence-corrected chi connectivity index (χ2v) is 4.14. The predicted molar refractivity (Wildman–Crippen MR) is 74.4 cm³/mol. The monoisotopic (exact) mass is 247 g/mol. The molecule has 0 aromatic heterocycles. The fraction of sp³-hybridized carbons (Fsp3) is 0.500. The summed E-state index contributed by atoms with van der Waals surface area (Å²) in [6.07, 6.45) is 2.60. The molecule has 0 fully saturated rings. The lowest BCUT2D eigenvalue weighted by Crippen LogP contribution is -2.10. The molecule has 0 amide bonds. The lowest BCUT2D eigenvalue weighted by molar-refractivity contribution is 0.141. The Hall–Kier alpha value is -1.73. The molecule has 0 aliphatic rings. The summed E-state index contributed by atoms with van der Waals surface area (Å²) >= 11 is 0. The first-order valence-electron chi connectivity index (χ1n) is 6.35. The molecule has 0 aliphatic heterocycles. The minimum absolute atomic E-state index is 0.342. The highest BCUT2D eigenvalue weighted by atomic mass is 16.5. The number of rotatable bonds is 8. The maximum Gasteiger partial charge on any atom is 0.0670 e. The number of hydrogen-bond donors (Lipinski definition) is 2. The van der Waals surface area contributed by atoms with Crippen molar-refractivity contribution in [3.05, 3.63) is 23.8 Å². The van der Waals surface area contributed by atoms with Gasteiger partial charge in [-0.15, -0.1) is 0 Å². The third-order valence-corrected chi connectivity index (χ3v) is 2.63. The summed E-state index contributed by atoms with van der Waals surface area (Å²) in [4.78, 5) is 0. The number of hydrogen-bond acceptors (Lipinski definition) is 4. The molecule has 3 N–H and O–H groups in total. The molecule has 0 radical (unpaired) electrons. The van der Waals surface area contributed by atoms with Crippen molar-refractivity contribution in [2.75, 3.05) is 30.8 Å². The van der Waals surface area contributed by atoms with E-state index in [1.165, 1.54) is 0 Å². The van der Waals surface area contributed by atoms with Crippen molar-refractivity contribution in [3.8, 4) is 6.07 Å². The van der Waals surface area contributed by atoms with Crippen LogP contribution in [0.15, 0.2) is 18.2 Å². The first-order valence-corrected chi connectivity index (χ1v) is 6.35. The van der Waals surface area contributed by atoms with Crippen LogP contribution in [0.5, 0.6) is 0 Å². The van der Waals surface area contributed by atoms with Crippen LogP contribution in [0.1, 0.15) is 25.3 Å². The van der Waals surface area contributed by atoms with Gasteiger partial charge < -0.3 is 15.8 Å². The maximum absolute atomic E-state index is 8.69. The Morgan fingerprint density at radius 2 is 2.22 bits per heavy atom. The van der Waals surface area contributed by atoms with E-state index in [0.29, 0.717) is 18.7 Å². The van der Waals surface area contributed by atoms with E-state index in [1.807, 2.05) is 18.2 Å². The van der Waals surface area contributed by atoms with Crippen molar-refractivity contribution in [1.82, 2.24) is 0 Å². The largest absolute Gasteiger partial charge is 0.398 e. The quantitative estimate of drug-likeness (QED) is 0.547. The van der Waals surface area contributed by atoms with Crippen LogP contribution < -0.4 is 11.1 Å². The van der Waals surface area contributed by atoms with Gasteiger partial charge in [0, 0.05) is 24.5 Å². The number of benzene rings is 1. The Bertz CT molecular complexity index is 399.